The first-order valence-corrected chi connectivity index (χ1v) is 12.5. The SMILES string of the molecule is COc1cc([C@@H]2c3cc4c(cc3C[C@H]3COC(=O)[C@@H]32)OCO4)cc(OC)c1OCC(=O)Nc1ccccc1F. The lowest BCUT2D eigenvalue weighted by Crippen LogP contribution is -2.31. The first-order valence-electron chi connectivity index (χ1n) is 12.5. The number of anilines is 1. The molecule has 1 aliphatic carbocycles. The Morgan fingerprint density at radius 3 is 2.46 bits per heavy atom. The van der Waals surface area contributed by atoms with Gasteiger partial charge in [0, 0.05) is 11.8 Å². The van der Waals surface area contributed by atoms with E-state index in [0.717, 1.165) is 16.7 Å². The molecule has 3 atom stereocenters. The van der Waals surface area contributed by atoms with E-state index in [9.17, 15) is 14.0 Å². The van der Waals surface area contributed by atoms with Crippen LogP contribution in [0.25, 0.3) is 0 Å². The molecule has 2 heterocycles. The van der Waals surface area contributed by atoms with Crippen molar-refractivity contribution in [2.45, 2.75) is 12.3 Å². The number of benzene rings is 3. The van der Waals surface area contributed by atoms with Crippen LogP contribution < -0.4 is 29.0 Å². The molecule has 0 radical (unpaired) electrons. The van der Waals surface area contributed by atoms with Crippen LogP contribution in [-0.2, 0) is 20.7 Å². The van der Waals surface area contributed by atoms with E-state index in [-0.39, 0.29) is 36.0 Å². The summed E-state index contributed by atoms with van der Waals surface area (Å²) in [5.41, 5.74) is 2.82. The lowest BCUT2D eigenvalue weighted by atomic mass is 9.67. The second-order valence-corrected chi connectivity index (χ2v) is 9.57. The monoisotopic (exact) mass is 535 g/mol. The molecular formula is C29H26FNO8. The molecule has 1 saturated heterocycles. The number of fused-ring (bicyclic) bond motifs is 3. The minimum absolute atomic E-state index is 0.00497. The van der Waals surface area contributed by atoms with Crippen LogP contribution in [-0.4, -0.2) is 46.1 Å². The van der Waals surface area contributed by atoms with Crippen LogP contribution in [0.2, 0.25) is 0 Å². The summed E-state index contributed by atoms with van der Waals surface area (Å²) >= 11 is 0. The molecule has 9 nitrogen and oxygen atoms in total. The van der Waals surface area contributed by atoms with Crippen LogP contribution in [0.1, 0.15) is 22.6 Å². The summed E-state index contributed by atoms with van der Waals surface area (Å²) in [7, 11) is 2.95. The molecule has 3 aromatic rings. The van der Waals surface area contributed by atoms with E-state index < -0.39 is 24.2 Å². The Bertz CT molecular complexity index is 1430. The second-order valence-electron chi connectivity index (χ2n) is 9.57. The van der Waals surface area contributed by atoms with Crippen LogP contribution in [0, 0.1) is 17.7 Å². The van der Waals surface area contributed by atoms with Gasteiger partial charge >= 0.3 is 5.97 Å². The topological polar surface area (TPSA) is 102 Å². The number of hydrogen-bond donors (Lipinski definition) is 1. The molecular weight excluding hydrogens is 509 g/mol. The highest BCUT2D eigenvalue weighted by atomic mass is 19.1. The van der Waals surface area contributed by atoms with Crippen molar-refractivity contribution in [1.82, 2.24) is 0 Å². The number of carbonyl (C=O) groups is 2. The Morgan fingerprint density at radius 2 is 1.74 bits per heavy atom. The lowest BCUT2D eigenvalue weighted by Gasteiger charge is -2.34. The predicted molar refractivity (Wildman–Crippen MR) is 136 cm³/mol. The first kappa shape index (κ1) is 24.8. The van der Waals surface area contributed by atoms with Crippen molar-refractivity contribution in [2.24, 2.45) is 11.8 Å². The summed E-state index contributed by atoms with van der Waals surface area (Å²) < 4.78 is 47.7. The lowest BCUT2D eigenvalue weighted by molar-refractivity contribution is -0.141. The van der Waals surface area contributed by atoms with Crippen molar-refractivity contribution in [1.29, 1.82) is 0 Å². The fourth-order valence-electron chi connectivity index (χ4n) is 5.61. The van der Waals surface area contributed by atoms with E-state index in [4.69, 9.17) is 28.4 Å². The van der Waals surface area contributed by atoms with Crippen molar-refractivity contribution < 1.29 is 42.4 Å². The van der Waals surface area contributed by atoms with Crippen LogP contribution >= 0.6 is 0 Å². The second kappa shape index (κ2) is 10.0. The van der Waals surface area contributed by atoms with Gasteiger partial charge in [-0.15, -0.1) is 0 Å². The number of nitrogens with one attached hydrogen (secondary N) is 1. The number of para-hydroxylation sites is 1. The molecule has 10 heteroatoms. The smallest absolute Gasteiger partial charge is 0.310 e. The fourth-order valence-corrected chi connectivity index (χ4v) is 5.61. The van der Waals surface area contributed by atoms with Gasteiger partial charge in [-0.05, 0) is 59.5 Å². The van der Waals surface area contributed by atoms with E-state index in [1.807, 2.05) is 12.1 Å². The van der Waals surface area contributed by atoms with Crippen LogP contribution in [0.5, 0.6) is 28.7 Å². The minimum Gasteiger partial charge on any atom is -0.493 e. The molecule has 6 rings (SSSR count). The quantitative estimate of drug-likeness (QED) is 0.452. The van der Waals surface area contributed by atoms with Crippen LogP contribution in [0.3, 0.4) is 0 Å². The predicted octanol–water partition coefficient (Wildman–Crippen LogP) is 4.07. The molecule has 0 spiro atoms. The Kier molecular flexibility index (Phi) is 6.38. The van der Waals surface area contributed by atoms with Gasteiger partial charge < -0.3 is 33.7 Å². The summed E-state index contributed by atoms with van der Waals surface area (Å²) in [6, 6.07) is 13.3. The number of cyclic esters (lactones) is 1. The van der Waals surface area contributed by atoms with Gasteiger partial charge in [0.2, 0.25) is 12.5 Å². The number of carbonyl (C=O) groups excluding carboxylic acids is 2. The molecule has 3 aromatic carbocycles. The van der Waals surface area contributed by atoms with E-state index in [1.165, 1.54) is 32.4 Å². The van der Waals surface area contributed by atoms with Gasteiger partial charge in [-0.1, -0.05) is 12.1 Å². The maximum atomic E-state index is 13.9. The third-order valence-corrected chi connectivity index (χ3v) is 7.37. The molecule has 1 fully saturated rings. The minimum atomic E-state index is -0.554. The zero-order valence-electron chi connectivity index (χ0n) is 21.3. The molecule has 0 bridgehead atoms. The highest BCUT2D eigenvalue weighted by Crippen LogP contribution is 2.52. The molecule has 202 valence electrons. The number of amides is 1. The summed E-state index contributed by atoms with van der Waals surface area (Å²) in [5, 5.41) is 2.49. The molecule has 39 heavy (non-hydrogen) atoms. The molecule has 1 amide bonds. The number of rotatable bonds is 7. The zero-order valence-corrected chi connectivity index (χ0v) is 21.3. The number of methoxy groups -OCH3 is 2. The van der Waals surface area contributed by atoms with Crippen LogP contribution in [0.4, 0.5) is 10.1 Å². The molecule has 3 aliphatic rings. The van der Waals surface area contributed by atoms with E-state index in [0.29, 0.717) is 36.0 Å². The summed E-state index contributed by atoms with van der Waals surface area (Å²) in [5.74, 6) is 0.0489. The van der Waals surface area contributed by atoms with Gasteiger partial charge in [0.15, 0.2) is 29.6 Å². The standard InChI is InChI=1S/C29H26FNO8/c1-34-23-9-16(10-24(35-2)28(23)36-13-25(32)31-20-6-4-3-5-19(20)30)26-18-11-22-21(38-14-39-22)8-15(18)7-17-12-37-29(33)27(17)26/h3-6,8-11,17,26-27H,7,12-14H2,1-2H3,(H,31,32)/t17-,26+,27-/m0/s1. The molecule has 0 saturated carbocycles. The van der Waals surface area contributed by atoms with Gasteiger partial charge in [0.1, 0.15) is 5.82 Å². The third-order valence-electron chi connectivity index (χ3n) is 7.37. The molecule has 0 unspecified atom stereocenters. The first-order chi connectivity index (χ1) is 19.0. The largest absolute Gasteiger partial charge is 0.493 e. The average Bonchev–Trinajstić information content (AvgIpc) is 3.56. The van der Waals surface area contributed by atoms with Crippen LogP contribution in [0.15, 0.2) is 48.5 Å². The summed E-state index contributed by atoms with van der Waals surface area (Å²) in [4.78, 5) is 25.4. The molecule has 2 aliphatic heterocycles. The third kappa shape index (κ3) is 4.45. The summed E-state index contributed by atoms with van der Waals surface area (Å²) in [6.07, 6.45) is 0.686. The highest BCUT2D eigenvalue weighted by Gasteiger charge is 2.48. The van der Waals surface area contributed by atoms with Crippen molar-refractivity contribution in [3.05, 3.63) is 71.0 Å². The number of ether oxygens (including phenoxy) is 6. The van der Waals surface area contributed by atoms with Gasteiger partial charge in [-0.25, -0.2) is 4.39 Å². The van der Waals surface area contributed by atoms with Gasteiger partial charge in [0.25, 0.3) is 5.91 Å². The molecule has 0 aromatic heterocycles. The van der Waals surface area contributed by atoms with Gasteiger partial charge in [0.05, 0.1) is 32.4 Å². The van der Waals surface area contributed by atoms with Crippen molar-refractivity contribution in [2.75, 3.05) is 39.5 Å². The number of halogens is 1. The average molecular weight is 536 g/mol. The highest BCUT2D eigenvalue weighted by molar-refractivity contribution is 5.92. The van der Waals surface area contributed by atoms with E-state index in [2.05, 4.69) is 5.32 Å². The van der Waals surface area contributed by atoms with Crippen molar-refractivity contribution in [3.63, 3.8) is 0 Å². The maximum absolute atomic E-state index is 13.9. The van der Waals surface area contributed by atoms with Gasteiger partial charge in [-0.2, -0.15) is 0 Å². The van der Waals surface area contributed by atoms with Crippen molar-refractivity contribution in [3.8, 4) is 28.7 Å². The molecule has 1 N–H and O–H groups in total. The maximum Gasteiger partial charge on any atom is 0.310 e. The Morgan fingerprint density at radius 1 is 1.03 bits per heavy atom. The number of hydrogen-bond acceptors (Lipinski definition) is 8. The number of esters is 1. The van der Waals surface area contributed by atoms with Gasteiger partial charge in [-0.3, -0.25) is 9.59 Å². The summed E-state index contributed by atoms with van der Waals surface area (Å²) in [6.45, 7) is 0.0869. The normalized spacial score (nSPS) is 20.5. The van der Waals surface area contributed by atoms with E-state index in [1.54, 1.807) is 18.2 Å². The Labute approximate surface area is 223 Å². The fraction of sp³-hybridized carbons (Fsp3) is 0.310. The van der Waals surface area contributed by atoms with E-state index >= 15 is 0 Å². The Hall–Kier alpha value is -4.47. The zero-order chi connectivity index (χ0) is 27.1. The van der Waals surface area contributed by atoms with Crippen molar-refractivity contribution >= 4 is 17.6 Å². The Balaban J connectivity index is 1.34.